The van der Waals surface area contributed by atoms with Crippen LogP contribution in [0.2, 0.25) is 0 Å². The molecule has 23 heavy (non-hydrogen) atoms. The summed E-state index contributed by atoms with van der Waals surface area (Å²) in [5, 5.41) is 3.68. The molecule has 3 nitrogen and oxygen atoms in total. The van der Waals surface area contributed by atoms with Crippen molar-refractivity contribution >= 4 is 5.96 Å². The number of guanidine groups is 1. The molecule has 0 amide bonds. The average Bonchev–Trinajstić information content (AvgIpc) is 2.32. The van der Waals surface area contributed by atoms with Crippen LogP contribution in [0.3, 0.4) is 0 Å². The Balaban J connectivity index is 2.47. The van der Waals surface area contributed by atoms with Crippen LogP contribution in [0.1, 0.15) is 87.5 Å². The van der Waals surface area contributed by atoms with Crippen molar-refractivity contribution in [3.63, 3.8) is 0 Å². The zero-order chi connectivity index (χ0) is 17.5. The van der Waals surface area contributed by atoms with Gasteiger partial charge >= 0.3 is 0 Å². The quantitative estimate of drug-likeness (QED) is 0.749. The Hall–Kier alpha value is -0.730. The molecular weight excluding hydrogens is 282 g/mol. The standard InChI is InChI=1S/C20H39N3/c1-9-20(8)11-13-22-16-21-12-10-17(2,3)14-18(4,5)23(16)19(6,7)15-20/h9-15H2,1-8H3,(H,21,22). The second-order valence-electron chi connectivity index (χ2n) is 10.3. The maximum Gasteiger partial charge on any atom is 0.194 e. The highest BCUT2D eigenvalue weighted by Crippen LogP contribution is 2.44. The summed E-state index contributed by atoms with van der Waals surface area (Å²) in [4.78, 5) is 7.64. The number of rotatable bonds is 1. The highest BCUT2D eigenvalue weighted by atomic mass is 15.4. The molecule has 1 atom stereocenters. The summed E-state index contributed by atoms with van der Waals surface area (Å²) in [6.07, 6.45) is 6.05. The molecule has 0 aromatic rings. The van der Waals surface area contributed by atoms with Gasteiger partial charge in [0.2, 0.25) is 0 Å². The zero-order valence-electron chi connectivity index (χ0n) is 16.8. The third-order valence-corrected chi connectivity index (χ3v) is 6.11. The van der Waals surface area contributed by atoms with E-state index in [9.17, 15) is 0 Å². The summed E-state index contributed by atoms with van der Waals surface area (Å²) >= 11 is 0. The summed E-state index contributed by atoms with van der Waals surface area (Å²) in [5.41, 5.74) is 0.945. The van der Waals surface area contributed by atoms with Crippen LogP contribution >= 0.6 is 0 Å². The van der Waals surface area contributed by atoms with Gasteiger partial charge in [-0.15, -0.1) is 0 Å². The van der Waals surface area contributed by atoms with E-state index in [0.29, 0.717) is 10.8 Å². The molecule has 1 N–H and O–H groups in total. The van der Waals surface area contributed by atoms with Crippen LogP contribution in [0.15, 0.2) is 4.99 Å². The first-order valence-electron chi connectivity index (χ1n) is 9.50. The normalized spacial score (nSPS) is 33.2. The Kier molecular flexibility index (Phi) is 4.83. The summed E-state index contributed by atoms with van der Waals surface area (Å²) in [6, 6.07) is 0. The molecule has 1 saturated heterocycles. The van der Waals surface area contributed by atoms with Gasteiger partial charge in [-0.25, -0.2) is 0 Å². The van der Waals surface area contributed by atoms with E-state index in [2.05, 4.69) is 65.6 Å². The van der Waals surface area contributed by atoms with E-state index >= 15 is 0 Å². The van der Waals surface area contributed by atoms with Crippen molar-refractivity contribution in [3.8, 4) is 0 Å². The van der Waals surface area contributed by atoms with E-state index in [0.717, 1.165) is 19.0 Å². The summed E-state index contributed by atoms with van der Waals surface area (Å²) in [5.74, 6) is 1.13. The lowest BCUT2D eigenvalue weighted by Crippen LogP contribution is -2.65. The number of fused-ring (bicyclic) bond motifs is 1. The SMILES string of the molecule is CCC1(C)CCN=C2NCCC(C)(C)CC(C)(C)N2C(C)(C)C1. The van der Waals surface area contributed by atoms with Crippen LogP contribution < -0.4 is 5.32 Å². The van der Waals surface area contributed by atoms with Crippen LogP contribution in [0, 0.1) is 10.8 Å². The average molecular weight is 322 g/mol. The molecule has 2 heterocycles. The van der Waals surface area contributed by atoms with Gasteiger partial charge in [0.1, 0.15) is 0 Å². The number of nitrogens with zero attached hydrogens (tertiary/aromatic N) is 2. The smallest absolute Gasteiger partial charge is 0.194 e. The molecule has 0 aromatic carbocycles. The van der Waals surface area contributed by atoms with Crippen LogP contribution in [0.4, 0.5) is 0 Å². The van der Waals surface area contributed by atoms with Crippen molar-refractivity contribution in [2.45, 2.75) is 98.6 Å². The molecule has 1 unspecified atom stereocenters. The van der Waals surface area contributed by atoms with Gasteiger partial charge < -0.3 is 10.2 Å². The van der Waals surface area contributed by atoms with Crippen molar-refractivity contribution in [1.82, 2.24) is 10.2 Å². The lowest BCUT2D eigenvalue weighted by Gasteiger charge is -2.56. The van der Waals surface area contributed by atoms with Crippen molar-refractivity contribution in [2.75, 3.05) is 13.1 Å². The van der Waals surface area contributed by atoms with Gasteiger partial charge in [-0.05, 0) is 64.2 Å². The molecular formula is C20H39N3. The molecule has 2 rings (SSSR count). The second-order valence-corrected chi connectivity index (χ2v) is 10.3. The predicted molar refractivity (Wildman–Crippen MR) is 101 cm³/mol. The van der Waals surface area contributed by atoms with Gasteiger partial charge in [-0.1, -0.05) is 34.1 Å². The van der Waals surface area contributed by atoms with E-state index in [1.54, 1.807) is 0 Å². The van der Waals surface area contributed by atoms with Crippen LogP contribution in [-0.2, 0) is 0 Å². The molecule has 2 aliphatic rings. The first-order valence-corrected chi connectivity index (χ1v) is 9.50. The lowest BCUT2D eigenvalue weighted by atomic mass is 9.70. The van der Waals surface area contributed by atoms with Gasteiger partial charge in [0, 0.05) is 24.2 Å². The predicted octanol–water partition coefficient (Wildman–Crippen LogP) is 4.82. The van der Waals surface area contributed by atoms with E-state index < -0.39 is 0 Å². The first-order chi connectivity index (χ1) is 10.4. The Morgan fingerprint density at radius 3 is 2.17 bits per heavy atom. The first kappa shape index (κ1) is 18.6. The topological polar surface area (TPSA) is 27.6 Å². The van der Waals surface area contributed by atoms with E-state index in [4.69, 9.17) is 4.99 Å². The molecule has 0 saturated carbocycles. The maximum atomic E-state index is 5.02. The van der Waals surface area contributed by atoms with Crippen molar-refractivity contribution in [1.29, 1.82) is 0 Å². The summed E-state index contributed by atoms with van der Waals surface area (Å²) in [7, 11) is 0. The zero-order valence-corrected chi connectivity index (χ0v) is 16.8. The van der Waals surface area contributed by atoms with E-state index in [1.165, 1.54) is 32.1 Å². The lowest BCUT2D eigenvalue weighted by molar-refractivity contribution is 0.0114. The third kappa shape index (κ3) is 4.03. The van der Waals surface area contributed by atoms with Gasteiger partial charge in [0.05, 0.1) is 0 Å². The van der Waals surface area contributed by atoms with Crippen LogP contribution in [-0.4, -0.2) is 35.0 Å². The van der Waals surface area contributed by atoms with Gasteiger partial charge in [0.15, 0.2) is 5.96 Å². The monoisotopic (exact) mass is 321 g/mol. The summed E-state index contributed by atoms with van der Waals surface area (Å²) in [6.45, 7) is 21.2. The Bertz CT molecular complexity index is 462. The number of nitrogens with one attached hydrogen (secondary N) is 1. The van der Waals surface area contributed by atoms with Crippen LogP contribution in [0.25, 0.3) is 0 Å². The van der Waals surface area contributed by atoms with Crippen LogP contribution in [0.5, 0.6) is 0 Å². The van der Waals surface area contributed by atoms with E-state index in [-0.39, 0.29) is 11.1 Å². The third-order valence-electron chi connectivity index (χ3n) is 6.11. The molecule has 134 valence electrons. The minimum absolute atomic E-state index is 0.102. The molecule has 0 aliphatic carbocycles. The van der Waals surface area contributed by atoms with Crippen molar-refractivity contribution in [2.24, 2.45) is 15.8 Å². The van der Waals surface area contributed by atoms with Gasteiger partial charge in [0.25, 0.3) is 0 Å². The fraction of sp³-hybridized carbons (Fsp3) is 0.950. The Labute approximate surface area is 144 Å². The van der Waals surface area contributed by atoms with Gasteiger partial charge in [-0.2, -0.15) is 0 Å². The number of hydrogen-bond donors (Lipinski definition) is 1. The largest absolute Gasteiger partial charge is 0.356 e. The highest BCUT2D eigenvalue weighted by molar-refractivity contribution is 5.81. The molecule has 3 heteroatoms. The molecule has 2 aliphatic heterocycles. The highest BCUT2D eigenvalue weighted by Gasteiger charge is 2.46. The fourth-order valence-electron chi connectivity index (χ4n) is 5.40. The Morgan fingerprint density at radius 1 is 0.957 bits per heavy atom. The van der Waals surface area contributed by atoms with Crippen molar-refractivity contribution < 1.29 is 0 Å². The van der Waals surface area contributed by atoms with Crippen molar-refractivity contribution in [3.05, 3.63) is 0 Å². The minimum Gasteiger partial charge on any atom is -0.356 e. The molecule has 1 fully saturated rings. The fourth-order valence-corrected chi connectivity index (χ4v) is 5.40. The molecule has 0 aromatic heterocycles. The summed E-state index contributed by atoms with van der Waals surface area (Å²) < 4.78 is 0. The number of hydrogen-bond acceptors (Lipinski definition) is 3. The maximum absolute atomic E-state index is 5.02. The molecule has 0 radical (unpaired) electrons. The molecule has 0 spiro atoms. The Morgan fingerprint density at radius 2 is 1.57 bits per heavy atom. The second kappa shape index (κ2) is 5.97. The van der Waals surface area contributed by atoms with Gasteiger partial charge in [-0.3, -0.25) is 4.99 Å². The minimum atomic E-state index is 0.102. The molecule has 0 bridgehead atoms. The van der Waals surface area contributed by atoms with E-state index in [1.807, 2.05) is 0 Å². The number of aliphatic imine (C=N–C) groups is 1.